The minimum atomic E-state index is -0.119. The van der Waals surface area contributed by atoms with Crippen LogP contribution in [0.5, 0.6) is 0 Å². The zero-order chi connectivity index (χ0) is 38.9. The summed E-state index contributed by atoms with van der Waals surface area (Å²) in [6.07, 6.45) is 0. The quantitative estimate of drug-likeness (QED) is 0.174. The average Bonchev–Trinajstić information content (AvgIpc) is 3.81. The molecule has 9 aromatic carbocycles. The Morgan fingerprint density at radius 1 is 0.362 bits per heavy atom. The van der Waals surface area contributed by atoms with Crippen molar-refractivity contribution in [2.45, 2.75) is 38.5 Å². The molecule has 0 N–H and O–H groups in total. The van der Waals surface area contributed by atoms with Gasteiger partial charge < -0.3 is 9.47 Å². The van der Waals surface area contributed by atoms with Crippen molar-refractivity contribution in [1.29, 1.82) is 0 Å². The number of fused-ring (bicyclic) bond motifs is 13. The van der Waals surface area contributed by atoms with Gasteiger partial charge in [-0.15, -0.1) is 0 Å². The number of benzene rings is 9. The molecule has 0 unspecified atom stereocenters. The average molecular weight is 743 g/mol. The van der Waals surface area contributed by atoms with E-state index >= 15 is 0 Å². The predicted octanol–water partition coefficient (Wildman–Crippen LogP) is 15.2. The van der Waals surface area contributed by atoms with Crippen LogP contribution >= 0.6 is 0 Å². The van der Waals surface area contributed by atoms with Gasteiger partial charge >= 0.3 is 0 Å². The molecule has 1 heterocycles. The number of hydrogen-bond donors (Lipinski definition) is 0. The summed E-state index contributed by atoms with van der Waals surface area (Å²) < 4.78 is 2.48. The first kappa shape index (κ1) is 33.3. The Morgan fingerprint density at radius 3 is 1.34 bits per heavy atom. The van der Waals surface area contributed by atoms with E-state index in [-0.39, 0.29) is 10.8 Å². The maximum atomic E-state index is 2.49. The van der Waals surface area contributed by atoms with Crippen molar-refractivity contribution in [2.24, 2.45) is 0 Å². The molecule has 0 fully saturated rings. The second kappa shape index (κ2) is 11.8. The van der Waals surface area contributed by atoms with E-state index in [9.17, 15) is 0 Å². The van der Waals surface area contributed by atoms with Gasteiger partial charge in [-0.1, -0.05) is 155 Å². The molecule has 2 heteroatoms. The smallest absolute Gasteiger partial charge is 0.0547 e. The Kier molecular flexibility index (Phi) is 6.78. The molecule has 0 radical (unpaired) electrons. The van der Waals surface area contributed by atoms with E-state index in [1.54, 1.807) is 0 Å². The lowest BCUT2D eigenvalue weighted by molar-refractivity contribution is 0.660. The van der Waals surface area contributed by atoms with Gasteiger partial charge in [-0.05, 0) is 121 Å². The lowest BCUT2D eigenvalue weighted by atomic mass is 9.82. The van der Waals surface area contributed by atoms with Gasteiger partial charge in [0.1, 0.15) is 0 Å². The van der Waals surface area contributed by atoms with Crippen LogP contribution in [-0.2, 0) is 10.8 Å². The van der Waals surface area contributed by atoms with Gasteiger partial charge in [0.2, 0.25) is 0 Å². The molecule has 0 spiro atoms. The van der Waals surface area contributed by atoms with Gasteiger partial charge in [0, 0.05) is 44.4 Å². The van der Waals surface area contributed by atoms with E-state index in [0.717, 1.165) is 22.7 Å². The minimum Gasteiger partial charge on any atom is -0.310 e. The topological polar surface area (TPSA) is 8.17 Å². The van der Waals surface area contributed by atoms with Gasteiger partial charge in [-0.3, -0.25) is 0 Å². The molecule has 2 aliphatic carbocycles. The minimum absolute atomic E-state index is 0.119. The Labute approximate surface area is 339 Å². The van der Waals surface area contributed by atoms with Crippen LogP contribution in [0.25, 0.3) is 71.3 Å². The first-order chi connectivity index (χ1) is 28.3. The van der Waals surface area contributed by atoms with Crippen LogP contribution in [0.4, 0.5) is 17.1 Å². The number of anilines is 3. The van der Waals surface area contributed by atoms with E-state index in [1.807, 2.05) is 0 Å². The van der Waals surface area contributed by atoms with Gasteiger partial charge in [-0.2, -0.15) is 0 Å². The van der Waals surface area contributed by atoms with Crippen molar-refractivity contribution < 1.29 is 0 Å². The van der Waals surface area contributed by atoms with Crippen LogP contribution in [0.3, 0.4) is 0 Å². The summed E-state index contributed by atoms with van der Waals surface area (Å²) in [5, 5.41) is 7.67. The SMILES string of the molecule is CC1(C)c2ccccc2-c2ccc(N(c3cccc(-n4c5ccc6ccccc6c5c5c6ccccc6ccc54)c3)c3ccc4c(c3)C(C)(C)c3ccccc3-4)cc21. The third-order valence-electron chi connectivity index (χ3n) is 13.5. The fraction of sp³-hybridized carbons (Fsp3) is 0.107. The summed E-state index contributed by atoms with van der Waals surface area (Å²) in [5.41, 5.74) is 17.6. The molecule has 276 valence electrons. The van der Waals surface area contributed by atoms with Crippen LogP contribution in [0, 0.1) is 0 Å². The summed E-state index contributed by atoms with van der Waals surface area (Å²) in [6.45, 7) is 9.49. The van der Waals surface area contributed by atoms with E-state index < -0.39 is 0 Å². The molecular weight excluding hydrogens is 701 g/mol. The highest BCUT2D eigenvalue weighted by Gasteiger charge is 2.37. The third kappa shape index (κ3) is 4.49. The van der Waals surface area contributed by atoms with Crippen molar-refractivity contribution in [1.82, 2.24) is 4.57 Å². The lowest BCUT2D eigenvalue weighted by Crippen LogP contribution is -2.18. The molecule has 2 aliphatic rings. The van der Waals surface area contributed by atoms with Crippen molar-refractivity contribution in [2.75, 3.05) is 4.90 Å². The number of hydrogen-bond acceptors (Lipinski definition) is 1. The Balaban J connectivity index is 1.11. The van der Waals surface area contributed by atoms with Crippen LogP contribution in [-0.4, -0.2) is 4.57 Å². The number of nitrogens with zero attached hydrogens (tertiary/aromatic N) is 2. The van der Waals surface area contributed by atoms with Crippen LogP contribution in [0.1, 0.15) is 49.9 Å². The molecule has 10 aromatic rings. The molecule has 0 saturated heterocycles. The summed E-state index contributed by atoms with van der Waals surface area (Å²) in [5.74, 6) is 0. The summed E-state index contributed by atoms with van der Waals surface area (Å²) in [4.78, 5) is 2.49. The first-order valence-corrected chi connectivity index (χ1v) is 20.5. The molecule has 1 aromatic heterocycles. The van der Waals surface area contributed by atoms with E-state index in [1.165, 1.54) is 87.9 Å². The second-order valence-corrected chi connectivity index (χ2v) is 17.4. The maximum Gasteiger partial charge on any atom is 0.0547 e. The molecule has 0 bridgehead atoms. The van der Waals surface area contributed by atoms with Gasteiger partial charge in [0.25, 0.3) is 0 Å². The first-order valence-electron chi connectivity index (χ1n) is 20.5. The fourth-order valence-electron chi connectivity index (χ4n) is 10.7. The third-order valence-corrected chi connectivity index (χ3v) is 13.5. The zero-order valence-electron chi connectivity index (χ0n) is 33.2. The van der Waals surface area contributed by atoms with Crippen molar-refractivity contribution >= 4 is 60.4 Å². The molecule has 12 rings (SSSR count). The van der Waals surface area contributed by atoms with Crippen LogP contribution in [0.2, 0.25) is 0 Å². The van der Waals surface area contributed by atoms with Crippen molar-refractivity contribution in [3.8, 4) is 27.9 Å². The fourth-order valence-corrected chi connectivity index (χ4v) is 10.7. The summed E-state index contributed by atoms with van der Waals surface area (Å²) in [6, 6.07) is 68.1. The molecule has 0 saturated carbocycles. The standard InChI is InChI=1S/C56H42N2/c1-55(2)47-22-11-9-20-43(47)45-28-26-39(33-49(45)55)57(40-27-29-46-44-21-10-12-23-48(44)56(3,4)50(46)34-40)37-16-13-17-38(32-37)58-51-30-24-35-14-5-7-18-41(35)53(51)54-42-19-8-6-15-36(42)25-31-52(54)58/h5-34H,1-4H3. The van der Waals surface area contributed by atoms with Gasteiger partial charge in [0.05, 0.1) is 11.0 Å². The highest BCUT2D eigenvalue weighted by atomic mass is 15.1. The monoisotopic (exact) mass is 742 g/mol. The molecule has 0 aliphatic heterocycles. The van der Waals surface area contributed by atoms with E-state index in [0.29, 0.717) is 0 Å². The molecule has 0 amide bonds. The highest BCUT2D eigenvalue weighted by Crippen LogP contribution is 2.53. The second-order valence-electron chi connectivity index (χ2n) is 17.4. The van der Waals surface area contributed by atoms with E-state index in [4.69, 9.17) is 0 Å². The Bertz CT molecular complexity index is 3160. The number of rotatable bonds is 4. The van der Waals surface area contributed by atoms with Crippen LogP contribution < -0.4 is 4.90 Å². The number of aromatic nitrogens is 1. The molecule has 0 atom stereocenters. The molecule has 58 heavy (non-hydrogen) atoms. The van der Waals surface area contributed by atoms with Gasteiger partial charge in [-0.25, -0.2) is 0 Å². The highest BCUT2D eigenvalue weighted by molar-refractivity contribution is 6.28. The summed E-state index contributed by atoms with van der Waals surface area (Å²) in [7, 11) is 0. The van der Waals surface area contributed by atoms with E-state index in [2.05, 4.69) is 219 Å². The molecule has 2 nitrogen and oxygen atoms in total. The predicted molar refractivity (Wildman–Crippen MR) is 246 cm³/mol. The molecular formula is C56H42N2. The Hall–Kier alpha value is -6.90. The Morgan fingerprint density at radius 2 is 0.810 bits per heavy atom. The van der Waals surface area contributed by atoms with Crippen molar-refractivity contribution in [3.63, 3.8) is 0 Å². The maximum absolute atomic E-state index is 2.49. The zero-order valence-corrected chi connectivity index (χ0v) is 33.2. The van der Waals surface area contributed by atoms with Crippen molar-refractivity contribution in [3.05, 3.63) is 204 Å². The largest absolute Gasteiger partial charge is 0.310 e. The van der Waals surface area contributed by atoms with Crippen LogP contribution in [0.15, 0.2) is 182 Å². The lowest BCUT2D eigenvalue weighted by Gasteiger charge is -2.30. The summed E-state index contributed by atoms with van der Waals surface area (Å²) >= 11 is 0. The normalized spacial score (nSPS) is 14.5. The van der Waals surface area contributed by atoms with Gasteiger partial charge in [0.15, 0.2) is 0 Å².